The summed E-state index contributed by atoms with van der Waals surface area (Å²) in [5, 5.41) is 0. The van der Waals surface area contributed by atoms with E-state index in [1.165, 1.54) is 0 Å². The molecular weight excluding hydrogens is 348 g/mol. The Kier molecular flexibility index (Phi) is 6.96. The Balaban J connectivity index is 2.25. The summed E-state index contributed by atoms with van der Waals surface area (Å²) in [6.07, 6.45) is 0. The maximum atomic E-state index is 5.96. The molecule has 0 aliphatic heterocycles. The first kappa shape index (κ1) is 19.8. The van der Waals surface area contributed by atoms with E-state index in [1.807, 2.05) is 75.4 Å². The normalized spacial score (nSPS) is 10.7. The molecule has 0 aromatic heterocycles. The fraction of sp³-hybridized carbons (Fsp3) is 0.240. The Morgan fingerprint density at radius 1 is 0.500 bits per heavy atom. The first-order valence-electron chi connectivity index (χ1n) is 9.83. The SMILES string of the molecule is CCOc1ccccc1[C](c1ccccc1OCC)c1ccccc1OCC. The summed E-state index contributed by atoms with van der Waals surface area (Å²) in [4.78, 5) is 0. The maximum absolute atomic E-state index is 5.96. The lowest BCUT2D eigenvalue weighted by atomic mass is 9.83. The Morgan fingerprint density at radius 3 is 1.07 bits per heavy atom. The van der Waals surface area contributed by atoms with Gasteiger partial charge in [0.05, 0.1) is 25.7 Å². The van der Waals surface area contributed by atoms with E-state index in [1.54, 1.807) is 0 Å². The number of para-hydroxylation sites is 3. The van der Waals surface area contributed by atoms with Gasteiger partial charge in [-0.25, -0.2) is 0 Å². The molecule has 3 heteroatoms. The first-order chi connectivity index (χ1) is 13.8. The van der Waals surface area contributed by atoms with Gasteiger partial charge in [-0.15, -0.1) is 0 Å². The Bertz CT molecular complexity index is 771. The predicted octanol–water partition coefficient (Wildman–Crippen LogP) is 5.90. The molecule has 3 nitrogen and oxygen atoms in total. The highest BCUT2D eigenvalue weighted by molar-refractivity contribution is 5.67. The molecule has 1 radical (unpaired) electrons. The standard InChI is InChI=1S/C25H27O3/c1-4-26-22-16-10-7-13-19(22)25(20-14-8-11-17-23(20)27-5-2)21-15-9-12-18-24(21)28-6-3/h7-18H,4-6H2,1-3H3. The third-order valence-corrected chi connectivity index (χ3v) is 4.37. The summed E-state index contributed by atoms with van der Waals surface area (Å²) in [6, 6.07) is 24.4. The lowest BCUT2D eigenvalue weighted by molar-refractivity contribution is 0.332. The summed E-state index contributed by atoms with van der Waals surface area (Å²) < 4.78 is 17.9. The molecule has 0 bridgehead atoms. The number of rotatable bonds is 9. The van der Waals surface area contributed by atoms with Gasteiger partial charge in [-0.2, -0.15) is 0 Å². The summed E-state index contributed by atoms with van der Waals surface area (Å²) in [5.74, 6) is 3.57. The molecule has 0 aliphatic carbocycles. The summed E-state index contributed by atoms with van der Waals surface area (Å²) >= 11 is 0. The molecule has 0 saturated heterocycles. The summed E-state index contributed by atoms with van der Waals surface area (Å²) in [6.45, 7) is 7.80. The van der Waals surface area contributed by atoms with Crippen molar-refractivity contribution in [3.05, 3.63) is 95.4 Å². The van der Waals surface area contributed by atoms with E-state index in [-0.39, 0.29) is 0 Å². The van der Waals surface area contributed by atoms with Crippen LogP contribution in [0.2, 0.25) is 0 Å². The van der Waals surface area contributed by atoms with Gasteiger partial charge in [0.15, 0.2) is 0 Å². The average Bonchev–Trinajstić information content (AvgIpc) is 2.72. The van der Waals surface area contributed by atoms with Gasteiger partial charge in [0, 0.05) is 16.7 Å². The van der Waals surface area contributed by atoms with Crippen molar-refractivity contribution >= 4 is 0 Å². The van der Waals surface area contributed by atoms with Crippen LogP contribution in [0, 0.1) is 5.92 Å². The topological polar surface area (TPSA) is 27.7 Å². The van der Waals surface area contributed by atoms with Crippen molar-refractivity contribution in [3.8, 4) is 17.2 Å². The molecule has 0 spiro atoms. The number of ether oxygens (including phenoxy) is 3. The van der Waals surface area contributed by atoms with Crippen molar-refractivity contribution in [1.29, 1.82) is 0 Å². The molecule has 3 aromatic carbocycles. The van der Waals surface area contributed by atoms with Crippen LogP contribution in [-0.2, 0) is 0 Å². The highest BCUT2D eigenvalue weighted by Gasteiger charge is 2.27. The van der Waals surface area contributed by atoms with Gasteiger partial charge in [-0.05, 0) is 39.0 Å². The van der Waals surface area contributed by atoms with Gasteiger partial charge in [0.2, 0.25) is 0 Å². The molecule has 0 aliphatic rings. The van der Waals surface area contributed by atoms with Crippen LogP contribution in [0.25, 0.3) is 0 Å². The van der Waals surface area contributed by atoms with Crippen LogP contribution in [0.3, 0.4) is 0 Å². The fourth-order valence-electron chi connectivity index (χ4n) is 3.30. The second-order valence-electron chi connectivity index (χ2n) is 6.16. The Hall–Kier alpha value is -2.94. The predicted molar refractivity (Wildman–Crippen MR) is 113 cm³/mol. The van der Waals surface area contributed by atoms with Gasteiger partial charge >= 0.3 is 0 Å². The van der Waals surface area contributed by atoms with Gasteiger partial charge in [-0.3, -0.25) is 0 Å². The van der Waals surface area contributed by atoms with Crippen molar-refractivity contribution in [2.45, 2.75) is 20.8 Å². The quantitative estimate of drug-likeness (QED) is 0.436. The zero-order valence-electron chi connectivity index (χ0n) is 16.8. The van der Waals surface area contributed by atoms with Gasteiger partial charge in [0.25, 0.3) is 0 Å². The number of hydrogen-bond acceptors (Lipinski definition) is 3. The van der Waals surface area contributed by atoms with E-state index in [0.29, 0.717) is 19.8 Å². The second kappa shape index (κ2) is 9.84. The van der Waals surface area contributed by atoms with E-state index >= 15 is 0 Å². The Labute approximate surface area is 167 Å². The van der Waals surface area contributed by atoms with Crippen molar-refractivity contribution in [2.24, 2.45) is 0 Å². The molecule has 0 unspecified atom stereocenters. The fourth-order valence-corrected chi connectivity index (χ4v) is 3.30. The molecule has 0 saturated carbocycles. The van der Waals surface area contributed by atoms with Crippen molar-refractivity contribution < 1.29 is 14.2 Å². The largest absolute Gasteiger partial charge is 0.494 e. The maximum Gasteiger partial charge on any atom is 0.123 e. The third kappa shape index (κ3) is 4.30. The molecule has 3 rings (SSSR count). The molecule has 0 N–H and O–H groups in total. The zero-order chi connectivity index (χ0) is 19.8. The summed E-state index contributed by atoms with van der Waals surface area (Å²) in [5.41, 5.74) is 3.05. The van der Waals surface area contributed by atoms with Crippen LogP contribution >= 0.6 is 0 Å². The minimum atomic E-state index is 0.602. The highest BCUT2D eigenvalue weighted by atomic mass is 16.5. The molecule has 145 valence electrons. The highest BCUT2D eigenvalue weighted by Crippen LogP contribution is 2.43. The monoisotopic (exact) mass is 375 g/mol. The smallest absolute Gasteiger partial charge is 0.123 e. The molecule has 0 fully saturated rings. The molecule has 0 atom stereocenters. The minimum Gasteiger partial charge on any atom is -0.494 e. The van der Waals surface area contributed by atoms with Crippen LogP contribution in [0.15, 0.2) is 72.8 Å². The summed E-state index contributed by atoms with van der Waals surface area (Å²) in [7, 11) is 0. The van der Waals surface area contributed by atoms with Crippen molar-refractivity contribution in [2.75, 3.05) is 19.8 Å². The van der Waals surface area contributed by atoms with Gasteiger partial charge in [-0.1, -0.05) is 54.6 Å². The van der Waals surface area contributed by atoms with E-state index < -0.39 is 0 Å². The number of benzene rings is 3. The van der Waals surface area contributed by atoms with Gasteiger partial charge < -0.3 is 14.2 Å². The zero-order valence-corrected chi connectivity index (χ0v) is 16.8. The van der Waals surface area contributed by atoms with Crippen LogP contribution in [0.4, 0.5) is 0 Å². The van der Waals surface area contributed by atoms with Gasteiger partial charge in [0.1, 0.15) is 17.2 Å². The van der Waals surface area contributed by atoms with E-state index in [4.69, 9.17) is 14.2 Å². The minimum absolute atomic E-state index is 0.602. The average molecular weight is 375 g/mol. The van der Waals surface area contributed by atoms with E-state index in [2.05, 4.69) is 18.2 Å². The van der Waals surface area contributed by atoms with Crippen LogP contribution in [-0.4, -0.2) is 19.8 Å². The van der Waals surface area contributed by atoms with Crippen LogP contribution in [0.1, 0.15) is 37.5 Å². The third-order valence-electron chi connectivity index (χ3n) is 4.37. The Morgan fingerprint density at radius 2 is 0.786 bits per heavy atom. The lowest BCUT2D eigenvalue weighted by Gasteiger charge is -2.24. The molecule has 3 aromatic rings. The molecule has 0 amide bonds. The first-order valence-corrected chi connectivity index (χ1v) is 9.83. The van der Waals surface area contributed by atoms with Crippen LogP contribution in [0.5, 0.6) is 17.2 Å². The van der Waals surface area contributed by atoms with Crippen molar-refractivity contribution in [3.63, 3.8) is 0 Å². The second-order valence-corrected chi connectivity index (χ2v) is 6.16. The lowest BCUT2D eigenvalue weighted by Crippen LogP contribution is -2.11. The van der Waals surface area contributed by atoms with E-state index in [9.17, 15) is 0 Å². The van der Waals surface area contributed by atoms with E-state index in [0.717, 1.165) is 39.9 Å². The van der Waals surface area contributed by atoms with Crippen LogP contribution < -0.4 is 14.2 Å². The molecule has 0 heterocycles. The molecule has 28 heavy (non-hydrogen) atoms. The van der Waals surface area contributed by atoms with Crippen molar-refractivity contribution in [1.82, 2.24) is 0 Å². The number of hydrogen-bond donors (Lipinski definition) is 0. The molecular formula is C25H27O3.